The van der Waals surface area contributed by atoms with Gasteiger partial charge >= 0.3 is 0 Å². The molecule has 1 aromatic heterocycles. The number of carbonyl (C=O) groups is 2. The Bertz CT molecular complexity index is 594. The van der Waals surface area contributed by atoms with E-state index in [0.29, 0.717) is 25.3 Å². The highest BCUT2D eigenvalue weighted by molar-refractivity contribution is 5.83. The Hall–Kier alpha value is -1.89. The van der Waals surface area contributed by atoms with E-state index in [-0.39, 0.29) is 17.7 Å². The number of carbonyl (C=O) groups excluding carboxylic acids is 2. The van der Waals surface area contributed by atoms with Crippen LogP contribution < -0.4 is 5.32 Å². The van der Waals surface area contributed by atoms with Crippen molar-refractivity contribution < 1.29 is 9.59 Å². The van der Waals surface area contributed by atoms with E-state index in [1.165, 1.54) is 0 Å². The summed E-state index contributed by atoms with van der Waals surface area (Å²) in [6, 6.07) is 0. The maximum atomic E-state index is 12.6. The highest BCUT2D eigenvalue weighted by Gasteiger charge is 2.32. The van der Waals surface area contributed by atoms with Gasteiger partial charge in [-0.1, -0.05) is 0 Å². The van der Waals surface area contributed by atoms with Crippen molar-refractivity contribution in [3.63, 3.8) is 0 Å². The van der Waals surface area contributed by atoms with Gasteiger partial charge in [-0.25, -0.2) is 4.98 Å². The molecule has 1 N–H and O–H groups in total. The topological polar surface area (TPSA) is 70.5 Å². The van der Waals surface area contributed by atoms with Crippen LogP contribution in [0.5, 0.6) is 0 Å². The third kappa shape index (κ3) is 4.39. The maximum absolute atomic E-state index is 12.6. The lowest BCUT2D eigenvalue weighted by molar-refractivity contribution is -0.138. The van der Waals surface area contributed by atoms with Crippen LogP contribution in [0.3, 0.4) is 0 Å². The molecule has 0 saturated carbocycles. The molecule has 2 aliphatic heterocycles. The predicted octanol–water partition coefficient (Wildman–Crippen LogP) is 0.677. The van der Waals surface area contributed by atoms with Crippen LogP contribution in [-0.2, 0) is 16.1 Å². The molecule has 0 spiro atoms. The molecule has 7 heteroatoms. The summed E-state index contributed by atoms with van der Waals surface area (Å²) < 4.78 is 2.25. The van der Waals surface area contributed by atoms with Gasteiger partial charge in [0.2, 0.25) is 11.8 Å². The fourth-order valence-corrected chi connectivity index (χ4v) is 3.74. The molecule has 0 radical (unpaired) electrons. The number of likely N-dealkylation sites (N-methyl/N-ethyl adjacent to an activating group) is 1. The van der Waals surface area contributed by atoms with Gasteiger partial charge in [-0.3, -0.25) is 9.59 Å². The van der Waals surface area contributed by atoms with Crippen molar-refractivity contribution in [3.05, 3.63) is 18.2 Å². The summed E-state index contributed by atoms with van der Waals surface area (Å²) in [4.78, 5) is 32.6. The SMILES string of the molecule is CN(C)CCn1ccnc1C1CCN(C(=O)[C@@H]2CCC(=O)NC2)CC1. The van der Waals surface area contributed by atoms with E-state index in [9.17, 15) is 9.59 Å². The van der Waals surface area contributed by atoms with Crippen molar-refractivity contribution in [3.8, 4) is 0 Å². The normalized spacial score (nSPS) is 22.3. The van der Waals surface area contributed by atoms with Crippen LogP contribution >= 0.6 is 0 Å². The summed E-state index contributed by atoms with van der Waals surface area (Å²) in [6.07, 6.45) is 7.01. The molecule has 138 valence electrons. The molecule has 25 heavy (non-hydrogen) atoms. The minimum absolute atomic E-state index is 0.0451. The molecule has 0 unspecified atom stereocenters. The number of likely N-dealkylation sites (tertiary alicyclic amines) is 1. The van der Waals surface area contributed by atoms with Crippen molar-refractivity contribution in [2.45, 2.75) is 38.1 Å². The lowest BCUT2D eigenvalue weighted by Crippen LogP contribution is -2.47. The first-order valence-electron chi connectivity index (χ1n) is 9.26. The lowest BCUT2D eigenvalue weighted by Gasteiger charge is -2.35. The van der Waals surface area contributed by atoms with Crippen LogP contribution in [0.15, 0.2) is 12.4 Å². The van der Waals surface area contributed by atoms with Crippen LogP contribution in [-0.4, -0.2) is 71.4 Å². The molecule has 2 amide bonds. The van der Waals surface area contributed by atoms with Gasteiger partial charge in [-0.05, 0) is 33.4 Å². The van der Waals surface area contributed by atoms with E-state index in [1.807, 2.05) is 11.1 Å². The molecule has 0 aliphatic carbocycles. The third-order valence-electron chi connectivity index (χ3n) is 5.32. The van der Waals surface area contributed by atoms with Crippen molar-refractivity contribution in [1.82, 2.24) is 24.7 Å². The molecular formula is C18H29N5O2. The van der Waals surface area contributed by atoms with E-state index in [0.717, 1.165) is 44.8 Å². The zero-order chi connectivity index (χ0) is 17.8. The number of aromatic nitrogens is 2. The molecule has 1 atom stereocenters. The second-order valence-electron chi connectivity index (χ2n) is 7.42. The van der Waals surface area contributed by atoms with Gasteiger partial charge in [-0.15, -0.1) is 0 Å². The number of hydrogen-bond donors (Lipinski definition) is 1. The molecule has 3 heterocycles. The predicted molar refractivity (Wildman–Crippen MR) is 95.1 cm³/mol. The summed E-state index contributed by atoms with van der Waals surface area (Å²) in [5.74, 6) is 1.80. The van der Waals surface area contributed by atoms with Gasteiger partial charge in [0.25, 0.3) is 0 Å². The fourth-order valence-electron chi connectivity index (χ4n) is 3.74. The number of rotatable bonds is 5. The zero-order valence-electron chi connectivity index (χ0n) is 15.3. The zero-order valence-corrected chi connectivity index (χ0v) is 15.3. The Balaban J connectivity index is 1.53. The Morgan fingerprint density at radius 1 is 1.32 bits per heavy atom. The number of hydrogen-bond acceptors (Lipinski definition) is 4. The molecule has 7 nitrogen and oxygen atoms in total. The quantitative estimate of drug-likeness (QED) is 0.850. The van der Waals surface area contributed by atoms with Crippen LogP contribution in [0.25, 0.3) is 0 Å². The van der Waals surface area contributed by atoms with Gasteiger partial charge in [0.05, 0.1) is 5.92 Å². The number of piperidine rings is 2. The summed E-state index contributed by atoms with van der Waals surface area (Å²) in [7, 11) is 4.16. The van der Waals surface area contributed by atoms with Gasteiger partial charge in [0.15, 0.2) is 0 Å². The first-order valence-corrected chi connectivity index (χ1v) is 9.26. The molecule has 0 bridgehead atoms. The van der Waals surface area contributed by atoms with E-state index < -0.39 is 0 Å². The van der Waals surface area contributed by atoms with E-state index >= 15 is 0 Å². The van der Waals surface area contributed by atoms with Gasteiger partial charge in [0.1, 0.15) is 5.82 Å². The highest BCUT2D eigenvalue weighted by atomic mass is 16.2. The van der Waals surface area contributed by atoms with Crippen LogP contribution in [0.1, 0.15) is 37.4 Å². The highest BCUT2D eigenvalue weighted by Crippen LogP contribution is 2.28. The molecule has 0 aromatic carbocycles. The van der Waals surface area contributed by atoms with Crippen molar-refractivity contribution in [2.24, 2.45) is 5.92 Å². The minimum atomic E-state index is -0.0451. The molecule has 1 aromatic rings. The fraction of sp³-hybridized carbons (Fsp3) is 0.722. The largest absolute Gasteiger partial charge is 0.355 e. The Labute approximate surface area is 149 Å². The number of imidazole rings is 1. The van der Waals surface area contributed by atoms with E-state index in [2.05, 4.69) is 40.1 Å². The third-order valence-corrected chi connectivity index (χ3v) is 5.32. The minimum Gasteiger partial charge on any atom is -0.355 e. The Morgan fingerprint density at radius 3 is 2.72 bits per heavy atom. The first-order chi connectivity index (χ1) is 12.0. The summed E-state index contributed by atoms with van der Waals surface area (Å²) >= 11 is 0. The average molecular weight is 347 g/mol. The first kappa shape index (κ1) is 17.9. The van der Waals surface area contributed by atoms with E-state index in [4.69, 9.17) is 0 Å². The smallest absolute Gasteiger partial charge is 0.227 e. The van der Waals surface area contributed by atoms with Gasteiger partial charge in [0, 0.05) is 57.5 Å². The molecule has 3 rings (SSSR count). The maximum Gasteiger partial charge on any atom is 0.227 e. The van der Waals surface area contributed by atoms with Crippen molar-refractivity contribution >= 4 is 11.8 Å². The number of nitrogens with one attached hydrogen (secondary N) is 1. The molecule has 2 aliphatic rings. The molecular weight excluding hydrogens is 318 g/mol. The molecule has 2 saturated heterocycles. The molecule has 2 fully saturated rings. The van der Waals surface area contributed by atoms with Gasteiger partial charge < -0.3 is 19.7 Å². The average Bonchev–Trinajstić information content (AvgIpc) is 3.09. The van der Waals surface area contributed by atoms with Crippen molar-refractivity contribution in [1.29, 1.82) is 0 Å². The summed E-state index contributed by atoms with van der Waals surface area (Å²) in [5, 5.41) is 2.81. The van der Waals surface area contributed by atoms with Crippen LogP contribution in [0.2, 0.25) is 0 Å². The van der Waals surface area contributed by atoms with Gasteiger partial charge in [-0.2, -0.15) is 0 Å². The van der Waals surface area contributed by atoms with Crippen molar-refractivity contribution in [2.75, 3.05) is 40.3 Å². The number of nitrogens with zero attached hydrogens (tertiary/aromatic N) is 4. The second-order valence-corrected chi connectivity index (χ2v) is 7.42. The monoisotopic (exact) mass is 347 g/mol. The summed E-state index contributed by atoms with van der Waals surface area (Å²) in [5.41, 5.74) is 0. The lowest BCUT2D eigenvalue weighted by atomic mass is 9.92. The van der Waals surface area contributed by atoms with Crippen LogP contribution in [0.4, 0.5) is 0 Å². The Kier molecular flexibility index (Phi) is 5.73. The standard InChI is InChI=1S/C18H29N5O2/c1-21(2)11-12-22-10-7-19-17(22)14-5-8-23(9-6-14)18(25)15-3-4-16(24)20-13-15/h7,10,14-15H,3-6,8-9,11-13H2,1-2H3,(H,20,24)/t15-/m1/s1. The Morgan fingerprint density at radius 2 is 2.08 bits per heavy atom. The number of amides is 2. The van der Waals surface area contributed by atoms with E-state index in [1.54, 1.807) is 0 Å². The summed E-state index contributed by atoms with van der Waals surface area (Å²) in [6.45, 7) is 4.01. The van der Waals surface area contributed by atoms with Crippen LogP contribution in [0, 0.1) is 5.92 Å². The second kappa shape index (κ2) is 7.99.